The number of aryl methyl sites for hydroxylation is 1. The smallest absolute Gasteiger partial charge is 0.422 e. The van der Waals surface area contributed by atoms with Crippen LogP contribution < -0.4 is 11.1 Å². The monoisotopic (exact) mass is 486 g/mol. The third-order valence-electron chi connectivity index (χ3n) is 5.42. The van der Waals surface area contributed by atoms with E-state index in [1.54, 1.807) is 0 Å². The first-order valence-corrected chi connectivity index (χ1v) is 9.83. The van der Waals surface area contributed by atoms with E-state index in [1.807, 2.05) is 0 Å². The summed E-state index contributed by atoms with van der Waals surface area (Å²) in [6, 6.07) is 6.61. The molecule has 33 heavy (non-hydrogen) atoms. The Kier molecular flexibility index (Phi) is 6.31. The minimum atomic E-state index is -5.15. The fourth-order valence-corrected chi connectivity index (χ4v) is 3.87. The molecule has 1 heterocycles. The van der Waals surface area contributed by atoms with Gasteiger partial charge in [0.25, 0.3) is 5.91 Å². The Morgan fingerprint density at radius 1 is 1.21 bits per heavy atom. The lowest BCUT2D eigenvalue weighted by atomic mass is 9.77. The van der Waals surface area contributed by atoms with Crippen molar-refractivity contribution in [2.75, 3.05) is 6.54 Å². The van der Waals surface area contributed by atoms with Gasteiger partial charge >= 0.3 is 17.9 Å². The van der Waals surface area contributed by atoms with Gasteiger partial charge in [-0.25, -0.2) is 4.79 Å². The molecule has 12 heteroatoms. The van der Waals surface area contributed by atoms with Gasteiger partial charge < -0.3 is 19.9 Å². The summed E-state index contributed by atoms with van der Waals surface area (Å²) >= 11 is 6.16. The predicted molar refractivity (Wildman–Crippen MR) is 111 cm³/mol. The molecule has 0 saturated carbocycles. The van der Waals surface area contributed by atoms with Crippen molar-refractivity contribution < 1.29 is 37.4 Å². The number of aliphatic carboxylic acids is 1. The quantitative estimate of drug-likeness (QED) is 0.492. The number of carboxylic acid groups (broad SMARTS) is 1. The van der Waals surface area contributed by atoms with E-state index in [1.165, 1.54) is 13.1 Å². The van der Waals surface area contributed by atoms with Crippen LogP contribution in [0.4, 0.5) is 13.2 Å². The van der Waals surface area contributed by atoms with Crippen LogP contribution in [0.5, 0.6) is 0 Å². The summed E-state index contributed by atoms with van der Waals surface area (Å²) in [5.41, 5.74) is -4.01. The number of alkyl halides is 3. The van der Waals surface area contributed by atoms with Gasteiger partial charge in [-0.2, -0.15) is 13.2 Å². The van der Waals surface area contributed by atoms with Crippen LogP contribution in [0.15, 0.2) is 45.6 Å². The number of nitrogens with zero attached hydrogens (tertiary/aromatic N) is 1. The van der Waals surface area contributed by atoms with Crippen molar-refractivity contribution in [1.29, 1.82) is 0 Å². The number of nitrogens with one attached hydrogen (secondary N) is 1. The van der Waals surface area contributed by atoms with Crippen molar-refractivity contribution in [1.82, 2.24) is 9.88 Å². The number of oxazole rings is 1. The van der Waals surface area contributed by atoms with Gasteiger partial charge in [-0.05, 0) is 35.4 Å². The number of carbonyl (C=O) groups is 2. The molecule has 2 aromatic carbocycles. The molecule has 2 atom stereocenters. The first-order valence-electron chi connectivity index (χ1n) is 9.46. The summed E-state index contributed by atoms with van der Waals surface area (Å²) in [5, 5.41) is 21.5. The second kappa shape index (κ2) is 8.56. The van der Waals surface area contributed by atoms with Gasteiger partial charge in [0.15, 0.2) is 11.2 Å². The average Bonchev–Trinajstić information content (AvgIpc) is 3.03. The minimum absolute atomic E-state index is 0.0539. The molecule has 0 fully saturated rings. The SMILES string of the molecule is CC(c1ccc(C(=O)NCC(=O)O)cc1Cl)C(O)(c1ccc2oc(=O)n(C)c2c1)C(F)(F)F. The normalized spacial score (nSPS) is 14.6. The highest BCUT2D eigenvalue weighted by Crippen LogP contribution is 2.50. The van der Waals surface area contributed by atoms with E-state index >= 15 is 0 Å². The van der Waals surface area contributed by atoms with Crippen molar-refractivity contribution in [3.63, 3.8) is 0 Å². The molecular formula is C21H18ClF3N2O6. The Balaban J connectivity index is 2.07. The van der Waals surface area contributed by atoms with Gasteiger partial charge in [0, 0.05) is 23.6 Å². The number of amides is 1. The molecule has 0 aliphatic heterocycles. The molecule has 0 aliphatic rings. The number of carbonyl (C=O) groups excluding carboxylic acids is 1. The Hall–Kier alpha value is -3.31. The topological polar surface area (TPSA) is 122 Å². The molecule has 0 bridgehead atoms. The molecule has 0 radical (unpaired) electrons. The van der Waals surface area contributed by atoms with E-state index in [-0.39, 0.29) is 27.2 Å². The highest BCUT2D eigenvalue weighted by Gasteiger charge is 2.59. The van der Waals surface area contributed by atoms with Gasteiger partial charge in [-0.1, -0.05) is 30.7 Å². The fourth-order valence-electron chi connectivity index (χ4n) is 3.53. The third kappa shape index (κ3) is 4.33. The van der Waals surface area contributed by atoms with E-state index in [9.17, 15) is 32.7 Å². The number of aliphatic hydroxyl groups is 1. The van der Waals surface area contributed by atoms with Gasteiger partial charge in [-0.15, -0.1) is 0 Å². The largest absolute Gasteiger partial charge is 0.480 e. The summed E-state index contributed by atoms with van der Waals surface area (Å²) in [4.78, 5) is 34.3. The molecule has 1 aromatic heterocycles. The van der Waals surface area contributed by atoms with Crippen molar-refractivity contribution in [3.05, 3.63) is 68.7 Å². The van der Waals surface area contributed by atoms with Crippen LogP contribution in [0.2, 0.25) is 5.02 Å². The van der Waals surface area contributed by atoms with Gasteiger partial charge in [0.2, 0.25) is 0 Å². The first-order chi connectivity index (χ1) is 15.3. The zero-order chi connectivity index (χ0) is 24.7. The lowest BCUT2D eigenvalue weighted by molar-refractivity contribution is -0.274. The fraction of sp³-hybridized carbons (Fsp3) is 0.286. The molecule has 176 valence electrons. The van der Waals surface area contributed by atoms with Crippen LogP contribution in [0.25, 0.3) is 11.1 Å². The highest BCUT2D eigenvalue weighted by atomic mass is 35.5. The van der Waals surface area contributed by atoms with Gasteiger partial charge in [-0.3, -0.25) is 14.2 Å². The average molecular weight is 487 g/mol. The van der Waals surface area contributed by atoms with Crippen molar-refractivity contribution in [2.24, 2.45) is 7.05 Å². The Morgan fingerprint density at radius 3 is 2.45 bits per heavy atom. The van der Waals surface area contributed by atoms with Crippen LogP contribution >= 0.6 is 11.6 Å². The predicted octanol–water partition coefficient (Wildman–Crippen LogP) is 3.15. The summed E-state index contributed by atoms with van der Waals surface area (Å²) in [6.45, 7) is 0.471. The maximum Gasteiger partial charge on any atom is 0.422 e. The summed E-state index contributed by atoms with van der Waals surface area (Å²) < 4.78 is 48.7. The van der Waals surface area contributed by atoms with Crippen LogP contribution in [0, 0.1) is 0 Å². The molecule has 0 aliphatic carbocycles. The van der Waals surface area contributed by atoms with E-state index in [0.717, 1.165) is 41.8 Å². The van der Waals surface area contributed by atoms with E-state index < -0.39 is 47.4 Å². The Bertz CT molecular complexity index is 1300. The number of fused-ring (bicyclic) bond motifs is 1. The lowest BCUT2D eigenvalue weighted by Crippen LogP contribution is -2.46. The zero-order valence-corrected chi connectivity index (χ0v) is 18.0. The summed E-state index contributed by atoms with van der Waals surface area (Å²) in [7, 11) is 1.32. The molecule has 3 N–H and O–H groups in total. The number of aromatic nitrogens is 1. The molecule has 8 nitrogen and oxygen atoms in total. The molecule has 0 spiro atoms. The number of halogens is 4. The van der Waals surface area contributed by atoms with Crippen molar-refractivity contribution in [3.8, 4) is 0 Å². The summed E-state index contributed by atoms with van der Waals surface area (Å²) in [5.74, 6) is -4.47. The molecule has 3 rings (SSSR count). The standard InChI is InChI=1S/C21H18ClF3N2O6/c1-10(13-5-3-11(7-14(13)22)18(30)26-9-17(28)29)20(32,21(23,24)25)12-4-6-16-15(8-12)27(2)19(31)33-16/h3-8,10,32H,9H2,1-2H3,(H,26,30)(H,28,29). The van der Waals surface area contributed by atoms with Gasteiger partial charge in [0.1, 0.15) is 6.54 Å². The van der Waals surface area contributed by atoms with Crippen molar-refractivity contribution >= 4 is 34.6 Å². The Labute approximate surface area is 189 Å². The zero-order valence-electron chi connectivity index (χ0n) is 17.2. The second-order valence-corrected chi connectivity index (χ2v) is 7.82. The van der Waals surface area contributed by atoms with Crippen LogP contribution in [0.1, 0.15) is 34.3 Å². The third-order valence-corrected chi connectivity index (χ3v) is 5.75. The van der Waals surface area contributed by atoms with E-state index in [0.29, 0.717) is 0 Å². The Morgan fingerprint density at radius 2 is 1.88 bits per heavy atom. The van der Waals surface area contributed by atoms with Crippen LogP contribution in [0.3, 0.4) is 0 Å². The van der Waals surface area contributed by atoms with Crippen LogP contribution in [-0.4, -0.2) is 39.4 Å². The maximum atomic E-state index is 14.2. The highest BCUT2D eigenvalue weighted by molar-refractivity contribution is 6.31. The molecule has 2 unspecified atom stereocenters. The molecule has 1 amide bonds. The molecular weight excluding hydrogens is 469 g/mol. The minimum Gasteiger partial charge on any atom is -0.480 e. The second-order valence-electron chi connectivity index (χ2n) is 7.41. The van der Waals surface area contributed by atoms with Crippen LogP contribution in [-0.2, 0) is 17.4 Å². The van der Waals surface area contributed by atoms with Crippen molar-refractivity contribution in [2.45, 2.75) is 24.6 Å². The maximum absolute atomic E-state index is 14.2. The van der Waals surface area contributed by atoms with Gasteiger partial charge in [0.05, 0.1) is 5.52 Å². The number of benzene rings is 2. The lowest BCUT2D eigenvalue weighted by Gasteiger charge is -2.37. The summed E-state index contributed by atoms with van der Waals surface area (Å²) in [6.07, 6.45) is -5.15. The first kappa shape index (κ1) is 24.3. The number of carboxylic acids is 1. The van der Waals surface area contributed by atoms with E-state index in [4.69, 9.17) is 21.1 Å². The molecule has 0 saturated heterocycles. The number of hydrogen-bond donors (Lipinski definition) is 3. The number of rotatable bonds is 6. The van der Waals surface area contributed by atoms with E-state index in [2.05, 4.69) is 5.32 Å². The molecule has 3 aromatic rings. The number of hydrogen-bond acceptors (Lipinski definition) is 5.